The molecule has 0 amide bonds. The number of rotatable bonds is 3. The Morgan fingerprint density at radius 2 is 0.767 bits per heavy atom. The summed E-state index contributed by atoms with van der Waals surface area (Å²) in [5.74, 6) is -0.342. The third-order valence-corrected chi connectivity index (χ3v) is 10.2. The number of methoxy groups -OCH3 is 3. The van der Waals surface area contributed by atoms with Gasteiger partial charge in [0.2, 0.25) is 0 Å². The first-order valence-electron chi connectivity index (χ1n) is 14.4. The molecule has 7 aliphatic rings. The van der Waals surface area contributed by atoms with E-state index in [1.165, 1.54) is 0 Å². The molecule has 0 radical (unpaired) electrons. The van der Waals surface area contributed by atoms with Gasteiger partial charge in [-0.2, -0.15) is 0 Å². The van der Waals surface area contributed by atoms with Crippen LogP contribution in [0.2, 0.25) is 0 Å². The van der Waals surface area contributed by atoms with E-state index in [2.05, 4.69) is 12.1 Å². The second kappa shape index (κ2) is 8.26. The molecule has 0 aliphatic heterocycles. The molecule has 4 aromatic rings. The fourth-order valence-electron chi connectivity index (χ4n) is 8.75. The van der Waals surface area contributed by atoms with Gasteiger partial charge in [0.25, 0.3) is 0 Å². The summed E-state index contributed by atoms with van der Waals surface area (Å²) in [6, 6.07) is 23.1. The third kappa shape index (κ3) is 2.71. The van der Waals surface area contributed by atoms with Crippen LogP contribution in [0.25, 0.3) is 0 Å². The summed E-state index contributed by atoms with van der Waals surface area (Å²) in [5.41, 5.74) is 9.08. The minimum Gasteiger partial charge on any atom is -0.508 e. The standard InChI is InChI=1S/C37H26O6/c1-41-21-13-12-20(38)28-24-16-8-4-5-9-17(16)25(29(21)28)33-32(24)36(39)34-26-18-10-6-7-11-19(18)27(35(34)37(33)40)31-23(43-3)15-14-22(42-2)30(26)31/h4-15,24-27,38H,1-3H3/t24?,25-,26?,27+/m0/s1. The lowest BCUT2D eigenvalue weighted by atomic mass is 9.51. The Morgan fingerprint density at radius 3 is 1.12 bits per heavy atom. The van der Waals surface area contributed by atoms with Crippen LogP contribution >= 0.6 is 0 Å². The third-order valence-electron chi connectivity index (χ3n) is 10.2. The quantitative estimate of drug-likeness (QED) is 0.305. The zero-order valence-corrected chi connectivity index (χ0v) is 23.7. The van der Waals surface area contributed by atoms with Crippen LogP contribution < -0.4 is 14.2 Å². The number of Topliss-reactive ketones (excluding diaryl/α,β-unsaturated/α-hetero) is 2. The van der Waals surface area contributed by atoms with Gasteiger partial charge >= 0.3 is 0 Å². The fraction of sp³-hybridized carbons (Fsp3) is 0.189. The first kappa shape index (κ1) is 24.5. The largest absolute Gasteiger partial charge is 0.508 e. The van der Waals surface area contributed by atoms with Crippen LogP contribution in [-0.4, -0.2) is 38.0 Å². The fourth-order valence-corrected chi connectivity index (χ4v) is 8.75. The number of hydrogen-bond acceptors (Lipinski definition) is 6. The van der Waals surface area contributed by atoms with E-state index in [9.17, 15) is 5.11 Å². The number of benzene rings is 4. The SMILES string of the molecule is COc1ccc(OC)c2c1C1C3=C(C(=O)C4=C(C3=O)C3c5ccccc5[C@H]4c4c(OC)ccc(O)c43)[C@@H]2c2ccccc21. The molecule has 6 nitrogen and oxygen atoms in total. The highest BCUT2D eigenvalue weighted by Crippen LogP contribution is 2.67. The smallest absolute Gasteiger partial charge is 0.187 e. The zero-order chi connectivity index (χ0) is 29.3. The van der Waals surface area contributed by atoms with E-state index in [4.69, 9.17) is 14.2 Å². The van der Waals surface area contributed by atoms with Crippen molar-refractivity contribution in [2.45, 2.75) is 23.7 Å². The summed E-state index contributed by atoms with van der Waals surface area (Å²) >= 11 is 0. The van der Waals surface area contributed by atoms with Crippen LogP contribution in [0.3, 0.4) is 0 Å². The van der Waals surface area contributed by atoms with Gasteiger partial charge in [-0.1, -0.05) is 48.5 Å². The molecule has 6 heteroatoms. The molecule has 0 heterocycles. The predicted molar refractivity (Wildman–Crippen MR) is 159 cm³/mol. The van der Waals surface area contributed by atoms with E-state index in [1.807, 2.05) is 48.5 Å². The first-order chi connectivity index (χ1) is 21.0. The van der Waals surface area contributed by atoms with Crippen molar-refractivity contribution in [3.05, 3.63) is 140 Å². The Labute approximate surface area is 247 Å². The summed E-state index contributed by atoms with van der Waals surface area (Å²) in [6.07, 6.45) is 0. The number of hydrogen-bond donors (Lipinski definition) is 1. The molecule has 0 aromatic heterocycles. The van der Waals surface area contributed by atoms with Gasteiger partial charge in [0.1, 0.15) is 23.0 Å². The van der Waals surface area contributed by atoms with Crippen LogP contribution in [0, 0.1) is 0 Å². The molecule has 4 atom stereocenters. The average Bonchev–Trinajstić information content (AvgIpc) is 3.06. The average molecular weight is 567 g/mol. The van der Waals surface area contributed by atoms with E-state index in [0.717, 1.165) is 38.9 Å². The zero-order valence-electron chi connectivity index (χ0n) is 23.7. The van der Waals surface area contributed by atoms with Crippen LogP contribution in [0.1, 0.15) is 68.2 Å². The maximum absolute atomic E-state index is 15.2. The van der Waals surface area contributed by atoms with E-state index < -0.39 is 23.7 Å². The highest BCUT2D eigenvalue weighted by molar-refractivity contribution is 6.30. The summed E-state index contributed by atoms with van der Waals surface area (Å²) in [7, 11) is 4.86. The molecule has 2 unspecified atom stereocenters. The normalized spacial score (nSPS) is 23.2. The second-order valence-electron chi connectivity index (χ2n) is 11.7. The highest BCUT2D eigenvalue weighted by atomic mass is 16.5. The molecule has 4 bridgehead atoms. The Bertz CT molecular complexity index is 2060. The molecule has 4 aromatic carbocycles. The number of ether oxygens (including phenoxy) is 3. The molecule has 0 fully saturated rings. The van der Waals surface area contributed by atoms with Gasteiger partial charge in [0.05, 0.1) is 21.3 Å². The highest BCUT2D eigenvalue weighted by Gasteiger charge is 2.58. The van der Waals surface area contributed by atoms with Gasteiger partial charge in [0, 0.05) is 68.2 Å². The summed E-state index contributed by atoms with van der Waals surface area (Å²) in [5, 5.41) is 11.3. The topological polar surface area (TPSA) is 82.1 Å². The Kier molecular flexibility index (Phi) is 4.70. The minimum atomic E-state index is -0.589. The lowest BCUT2D eigenvalue weighted by Crippen LogP contribution is -2.44. The van der Waals surface area contributed by atoms with Crippen molar-refractivity contribution < 1.29 is 28.9 Å². The van der Waals surface area contributed by atoms with Crippen LogP contribution in [0.4, 0.5) is 0 Å². The Balaban J connectivity index is 1.36. The number of carbonyl (C=O) groups excluding carboxylic acids is 2. The lowest BCUT2D eigenvalue weighted by molar-refractivity contribution is -0.117. The molecule has 0 saturated heterocycles. The maximum atomic E-state index is 15.2. The van der Waals surface area contributed by atoms with Gasteiger partial charge < -0.3 is 19.3 Å². The number of phenols is 1. The van der Waals surface area contributed by atoms with Crippen molar-refractivity contribution in [2.24, 2.45) is 0 Å². The van der Waals surface area contributed by atoms with E-state index in [0.29, 0.717) is 45.1 Å². The number of ketones is 2. The molecule has 43 heavy (non-hydrogen) atoms. The second-order valence-corrected chi connectivity index (χ2v) is 11.7. The molecule has 0 spiro atoms. The number of allylic oxidation sites excluding steroid dienone is 4. The number of carbonyl (C=O) groups is 2. The van der Waals surface area contributed by atoms with Crippen LogP contribution in [0.15, 0.2) is 95.1 Å². The van der Waals surface area contributed by atoms with Crippen molar-refractivity contribution >= 4 is 11.6 Å². The van der Waals surface area contributed by atoms with Gasteiger partial charge in [0.15, 0.2) is 11.6 Å². The molecule has 210 valence electrons. The van der Waals surface area contributed by atoms with Gasteiger partial charge in [-0.25, -0.2) is 0 Å². The summed E-state index contributed by atoms with van der Waals surface area (Å²) < 4.78 is 17.6. The van der Waals surface area contributed by atoms with Crippen molar-refractivity contribution in [1.82, 2.24) is 0 Å². The minimum absolute atomic E-state index is 0.0964. The Hall–Kier alpha value is -5.10. The summed E-state index contributed by atoms with van der Waals surface area (Å²) in [6.45, 7) is 0. The van der Waals surface area contributed by atoms with Gasteiger partial charge in [-0.3, -0.25) is 9.59 Å². The number of phenolic OH excluding ortho intramolecular Hbond substituents is 1. The van der Waals surface area contributed by atoms with Crippen molar-refractivity contribution in [1.29, 1.82) is 0 Å². The molecular formula is C37H26O6. The van der Waals surface area contributed by atoms with Gasteiger partial charge in [-0.15, -0.1) is 0 Å². The summed E-state index contributed by atoms with van der Waals surface area (Å²) in [4.78, 5) is 30.3. The molecule has 11 rings (SSSR count). The lowest BCUT2D eigenvalue weighted by Gasteiger charge is -2.50. The van der Waals surface area contributed by atoms with E-state index >= 15 is 9.59 Å². The maximum Gasteiger partial charge on any atom is 0.187 e. The molecule has 1 N–H and O–H groups in total. The van der Waals surface area contributed by atoms with E-state index in [-0.39, 0.29) is 17.3 Å². The molecular weight excluding hydrogens is 540 g/mol. The van der Waals surface area contributed by atoms with Crippen molar-refractivity contribution in [2.75, 3.05) is 21.3 Å². The molecule has 7 aliphatic carbocycles. The monoisotopic (exact) mass is 566 g/mol. The molecule has 0 saturated carbocycles. The Morgan fingerprint density at radius 1 is 0.465 bits per heavy atom. The first-order valence-corrected chi connectivity index (χ1v) is 14.4. The van der Waals surface area contributed by atoms with Crippen molar-refractivity contribution in [3.8, 4) is 23.0 Å². The predicted octanol–water partition coefficient (Wildman–Crippen LogP) is 6.04. The van der Waals surface area contributed by atoms with E-state index in [1.54, 1.807) is 33.5 Å². The van der Waals surface area contributed by atoms with Crippen LogP contribution in [0.5, 0.6) is 23.0 Å². The van der Waals surface area contributed by atoms with Gasteiger partial charge in [-0.05, 0) is 46.5 Å². The van der Waals surface area contributed by atoms with Crippen molar-refractivity contribution in [3.63, 3.8) is 0 Å². The number of aromatic hydroxyl groups is 1. The van der Waals surface area contributed by atoms with Crippen LogP contribution in [-0.2, 0) is 9.59 Å².